The van der Waals surface area contributed by atoms with E-state index in [-0.39, 0.29) is 38.8 Å². The first-order valence-electron chi connectivity index (χ1n) is 10.1. The van der Waals surface area contributed by atoms with Crippen LogP contribution in [0.1, 0.15) is 60.3 Å². The van der Waals surface area contributed by atoms with Crippen LogP contribution in [0, 0.1) is 40.5 Å². The number of fused-ring (bicyclic) bond motifs is 1. The SMILES string of the molecule is Cc1c(C)c(C)c(C(=O)N[C@H]2CO[C@@H]3CCO[C@H]23)c(C)c1C.NC(=O)C1CC1.[HH].[HH]. The number of hydrogen-bond donors (Lipinski definition) is 2. The van der Waals surface area contributed by atoms with Gasteiger partial charge in [-0.15, -0.1) is 0 Å². The number of nitrogens with one attached hydrogen (secondary N) is 1. The second kappa shape index (κ2) is 8.21. The van der Waals surface area contributed by atoms with E-state index in [0.717, 1.165) is 42.6 Å². The number of carbonyl (C=O) groups excluding carboxylic acids is 2. The molecule has 3 fully saturated rings. The lowest BCUT2D eigenvalue weighted by Gasteiger charge is -2.21. The lowest BCUT2D eigenvalue weighted by Crippen LogP contribution is -2.44. The smallest absolute Gasteiger partial charge is 0.252 e. The van der Waals surface area contributed by atoms with Gasteiger partial charge in [0.1, 0.15) is 6.10 Å². The van der Waals surface area contributed by atoms with Crippen LogP contribution < -0.4 is 11.1 Å². The van der Waals surface area contributed by atoms with Crippen LogP contribution in [0.5, 0.6) is 0 Å². The minimum atomic E-state index is -0.130. The number of hydrogen-bond acceptors (Lipinski definition) is 4. The molecule has 0 spiro atoms. The van der Waals surface area contributed by atoms with Gasteiger partial charge in [0.25, 0.3) is 5.91 Å². The number of carbonyl (C=O) groups is 2. The van der Waals surface area contributed by atoms with E-state index in [1.807, 2.05) is 13.8 Å². The highest BCUT2D eigenvalue weighted by Gasteiger charge is 2.42. The fourth-order valence-electron chi connectivity index (χ4n) is 4.04. The van der Waals surface area contributed by atoms with Gasteiger partial charge in [0.15, 0.2) is 0 Å². The number of amides is 2. The minimum absolute atomic E-state index is 0. The molecular formula is C22H36N2O4. The molecule has 0 bridgehead atoms. The third-order valence-electron chi connectivity index (χ3n) is 6.49. The van der Waals surface area contributed by atoms with Crippen LogP contribution >= 0.6 is 0 Å². The minimum Gasteiger partial charge on any atom is -0.373 e. The second-order valence-electron chi connectivity index (χ2n) is 8.25. The number of benzene rings is 1. The molecule has 1 saturated carbocycles. The molecule has 3 atom stereocenters. The molecule has 1 aliphatic carbocycles. The van der Waals surface area contributed by atoms with Crippen molar-refractivity contribution in [2.45, 2.75) is 72.1 Å². The van der Waals surface area contributed by atoms with E-state index in [1.165, 1.54) is 16.7 Å². The summed E-state index contributed by atoms with van der Waals surface area (Å²) in [5, 5.41) is 3.13. The van der Waals surface area contributed by atoms with Gasteiger partial charge in [-0.2, -0.15) is 0 Å². The van der Waals surface area contributed by atoms with Gasteiger partial charge in [0, 0.05) is 20.9 Å². The van der Waals surface area contributed by atoms with Gasteiger partial charge >= 0.3 is 0 Å². The highest BCUT2D eigenvalue weighted by Crippen LogP contribution is 2.29. The van der Waals surface area contributed by atoms with Crippen molar-refractivity contribution in [2.24, 2.45) is 11.7 Å². The summed E-state index contributed by atoms with van der Waals surface area (Å²) in [6.45, 7) is 11.6. The Balaban J connectivity index is 0.000000487. The van der Waals surface area contributed by atoms with Crippen LogP contribution in [0.25, 0.3) is 0 Å². The largest absolute Gasteiger partial charge is 0.373 e. The molecule has 2 amide bonds. The van der Waals surface area contributed by atoms with E-state index in [0.29, 0.717) is 6.61 Å². The van der Waals surface area contributed by atoms with Crippen LogP contribution in [0.4, 0.5) is 0 Å². The van der Waals surface area contributed by atoms with Crippen molar-refractivity contribution in [3.8, 4) is 0 Å². The van der Waals surface area contributed by atoms with Crippen LogP contribution in [0.15, 0.2) is 0 Å². The monoisotopic (exact) mass is 392 g/mol. The highest BCUT2D eigenvalue weighted by atomic mass is 16.6. The maximum Gasteiger partial charge on any atom is 0.252 e. The van der Waals surface area contributed by atoms with Gasteiger partial charge < -0.3 is 20.5 Å². The first-order chi connectivity index (χ1) is 13.2. The van der Waals surface area contributed by atoms with E-state index >= 15 is 0 Å². The van der Waals surface area contributed by atoms with E-state index in [4.69, 9.17) is 15.2 Å². The normalized spacial score (nSPS) is 25.7. The van der Waals surface area contributed by atoms with Crippen molar-refractivity contribution in [3.05, 3.63) is 33.4 Å². The quantitative estimate of drug-likeness (QED) is 0.827. The fraction of sp³-hybridized carbons (Fsp3) is 0.636. The van der Waals surface area contributed by atoms with Crippen molar-refractivity contribution in [3.63, 3.8) is 0 Å². The Morgan fingerprint density at radius 3 is 2.00 bits per heavy atom. The number of rotatable bonds is 3. The maximum absolute atomic E-state index is 12.8. The Morgan fingerprint density at radius 2 is 1.50 bits per heavy atom. The van der Waals surface area contributed by atoms with Crippen molar-refractivity contribution < 1.29 is 21.9 Å². The molecule has 2 heterocycles. The third-order valence-corrected chi connectivity index (χ3v) is 6.49. The van der Waals surface area contributed by atoms with Gasteiger partial charge in [-0.3, -0.25) is 9.59 Å². The summed E-state index contributed by atoms with van der Waals surface area (Å²) in [4.78, 5) is 22.8. The zero-order valence-corrected chi connectivity index (χ0v) is 17.6. The topological polar surface area (TPSA) is 90.7 Å². The fourth-order valence-corrected chi connectivity index (χ4v) is 4.04. The Morgan fingerprint density at radius 1 is 0.929 bits per heavy atom. The Labute approximate surface area is 170 Å². The summed E-state index contributed by atoms with van der Waals surface area (Å²) in [7, 11) is 0. The molecule has 2 saturated heterocycles. The molecule has 0 unspecified atom stereocenters. The van der Waals surface area contributed by atoms with Crippen LogP contribution in [-0.2, 0) is 14.3 Å². The van der Waals surface area contributed by atoms with E-state index in [2.05, 4.69) is 26.1 Å². The predicted octanol–water partition coefficient (Wildman–Crippen LogP) is 2.89. The molecule has 1 aromatic carbocycles. The zero-order chi connectivity index (χ0) is 20.6. The van der Waals surface area contributed by atoms with Gasteiger partial charge in [0.05, 0.1) is 18.8 Å². The molecule has 3 N–H and O–H groups in total. The summed E-state index contributed by atoms with van der Waals surface area (Å²) >= 11 is 0. The summed E-state index contributed by atoms with van der Waals surface area (Å²) in [5.41, 5.74) is 11.5. The van der Waals surface area contributed by atoms with Crippen LogP contribution in [0.3, 0.4) is 0 Å². The van der Waals surface area contributed by atoms with Crippen molar-refractivity contribution in [1.29, 1.82) is 0 Å². The van der Waals surface area contributed by atoms with Gasteiger partial charge in [-0.1, -0.05) is 0 Å². The molecule has 4 rings (SSSR count). The average Bonchev–Trinajstić information content (AvgIpc) is 3.30. The lowest BCUT2D eigenvalue weighted by molar-refractivity contribution is -0.119. The third kappa shape index (κ3) is 4.08. The van der Waals surface area contributed by atoms with Gasteiger partial charge in [0.2, 0.25) is 5.91 Å². The predicted molar refractivity (Wildman–Crippen MR) is 112 cm³/mol. The number of ether oxygens (including phenoxy) is 2. The molecule has 0 radical (unpaired) electrons. The molecule has 3 aliphatic rings. The first-order valence-corrected chi connectivity index (χ1v) is 10.1. The summed E-state index contributed by atoms with van der Waals surface area (Å²) < 4.78 is 11.4. The second-order valence-corrected chi connectivity index (χ2v) is 8.25. The molecule has 0 aromatic heterocycles. The summed E-state index contributed by atoms with van der Waals surface area (Å²) in [5.74, 6) is 0.103. The van der Waals surface area contributed by atoms with E-state index < -0.39 is 0 Å². The number of primary amides is 1. The molecule has 6 heteroatoms. The zero-order valence-electron chi connectivity index (χ0n) is 17.6. The highest BCUT2D eigenvalue weighted by molar-refractivity contribution is 5.98. The van der Waals surface area contributed by atoms with Crippen LogP contribution in [0.2, 0.25) is 0 Å². The van der Waals surface area contributed by atoms with Gasteiger partial charge in [-0.05, 0) is 81.7 Å². The number of nitrogens with two attached hydrogens (primary N) is 1. The standard InChI is InChI=1S/C18H25NO3.C4H7NO.2H2/c1-9-10(2)12(4)16(13(5)11(9)3)18(20)19-14-8-22-15-6-7-21-17(14)15;5-4(6)3-1-2-3;;/h14-15,17H,6-8H2,1-5H3,(H,19,20);3H,1-2H2,(H2,5,6);2*1H/t14-,15+,17+;;;/m0.../s1. The van der Waals surface area contributed by atoms with E-state index in [9.17, 15) is 9.59 Å². The summed E-state index contributed by atoms with van der Waals surface area (Å²) in [6, 6.07) is -0.0410. The average molecular weight is 393 g/mol. The van der Waals surface area contributed by atoms with Crippen molar-refractivity contribution >= 4 is 11.8 Å². The maximum atomic E-state index is 12.8. The Bertz CT molecular complexity index is 767. The molecule has 1 aromatic rings. The molecule has 2 aliphatic heterocycles. The first kappa shape index (κ1) is 20.8. The molecule has 158 valence electrons. The summed E-state index contributed by atoms with van der Waals surface area (Å²) in [6.07, 6.45) is 3.13. The molecular weight excluding hydrogens is 356 g/mol. The lowest BCUT2D eigenvalue weighted by atomic mass is 9.89. The van der Waals surface area contributed by atoms with Crippen molar-refractivity contribution in [2.75, 3.05) is 13.2 Å². The molecule has 6 nitrogen and oxygen atoms in total. The Hall–Kier alpha value is -1.92. The van der Waals surface area contributed by atoms with E-state index in [1.54, 1.807) is 0 Å². The van der Waals surface area contributed by atoms with Gasteiger partial charge in [-0.25, -0.2) is 0 Å². The Kier molecular flexibility index (Phi) is 6.10. The van der Waals surface area contributed by atoms with Crippen LogP contribution in [-0.4, -0.2) is 43.3 Å². The molecule has 28 heavy (non-hydrogen) atoms. The van der Waals surface area contributed by atoms with Crippen molar-refractivity contribution in [1.82, 2.24) is 5.32 Å².